The smallest absolute Gasteiger partial charge is 0.309 e. The van der Waals surface area contributed by atoms with Gasteiger partial charge in [0.05, 0.1) is 6.42 Å². The number of carbonyl (C=O) groups excluding carboxylic acids is 2. The van der Waals surface area contributed by atoms with E-state index in [0.29, 0.717) is 12.8 Å². The fraction of sp³-hybridized carbons (Fsp3) is 0.667. The number of rotatable bonds is 1. The summed E-state index contributed by atoms with van der Waals surface area (Å²) in [5.41, 5.74) is 0. The highest BCUT2D eigenvalue weighted by Gasteiger charge is 2.25. The van der Waals surface area contributed by atoms with Crippen LogP contribution < -0.4 is 0 Å². The average Bonchev–Trinajstić information content (AvgIpc) is 2.13. The summed E-state index contributed by atoms with van der Waals surface area (Å²) in [5, 5.41) is 0. The van der Waals surface area contributed by atoms with Crippen LogP contribution in [-0.4, -0.2) is 18.2 Å². The first-order valence-electron chi connectivity index (χ1n) is 3.05. The predicted molar refractivity (Wildman–Crippen MR) is 30.9 cm³/mol. The summed E-state index contributed by atoms with van der Waals surface area (Å²) in [4.78, 5) is 20.7. The maximum Gasteiger partial charge on any atom is 0.309 e. The third kappa shape index (κ3) is 1.72. The second-order valence-corrected chi connectivity index (χ2v) is 2.07. The van der Waals surface area contributed by atoms with E-state index < -0.39 is 12.3 Å². The standard InChI is InChI=1S/C6H8O4/c1-4(7)9-6-3-2-5(8)10-6/h6H,2-3H2,1H3/t6-/m1/s1. The molecular formula is C6H8O4. The molecule has 56 valence electrons. The molecule has 1 rings (SSSR count). The molecule has 0 bridgehead atoms. The summed E-state index contributed by atoms with van der Waals surface area (Å²) in [7, 11) is 0. The van der Waals surface area contributed by atoms with Gasteiger partial charge in [0, 0.05) is 13.3 Å². The minimum atomic E-state index is -0.634. The molecule has 0 radical (unpaired) electrons. The Morgan fingerprint density at radius 1 is 1.80 bits per heavy atom. The average molecular weight is 144 g/mol. The van der Waals surface area contributed by atoms with Gasteiger partial charge in [-0.25, -0.2) is 0 Å². The SMILES string of the molecule is CC(=O)O[C@H]1CCC(=O)O1. The van der Waals surface area contributed by atoms with E-state index in [2.05, 4.69) is 9.47 Å². The van der Waals surface area contributed by atoms with Crippen molar-refractivity contribution in [2.24, 2.45) is 0 Å². The van der Waals surface area contributed by atoms with Crippen LogP contribution in [0.2, 0.25) is 0 Å². The van der Waals surface area contributed by atoms with E-state index in [1.54, 1.807) is 0 Å². The first kappa shape index (κ1) is 7.05. The van der Waals surface area contributed by atoms with E-state index in [9.17, 15) is 9.59 Å². The lowest BCUT2D eigenvalue weighted by Crippen LogP contribution is -2.14. The topological polar surface area (TPSA) is 52.6 Å². The lowest BCUT2D eigenvalue weighted by Gasteiger charge is -2.07. The van der Waals surface area contributed by atoms with Gasteiger partial charge in [0.1, 0.15) is 0 Å². The Morgan fingerprint density at radius 2 is 2.50 bits per heavy atom. The molecule has 1 aliphatic heterocycles. The molecule has 0 saturated carbocycles. The Morgan fingerprint density at radius 3 is 2.90 bits per heavy atom. The van der Waals surface area contributed by atoms with Crippen molar-refractivity contribution in [1.29, 1.82) is 0 Å². The van der Waals surface area contributed by atoms with Crippen molar-refractivity contribution in [2.75, 3.05) is 0 Å². The van der Waals surface area contributed by atoms with Gasteiger partial charge in [0.2, 0.25) is 6.29 Å². The van der Waals surface area contributed by atoms with Crippen molar-refractivity contribution in [2.45, 2.75) is 26.1 Å². The molecule has 1 atom stereocenters. The fourth-order valence-corrected chi connectivity index (χ4v) is 0.768. The normalized spacial score (nSPS) is 24.1. The number of ether oxygens (including phenoxy) is 2. The molecule has 0 aromatic rings. The maximum atomic E-state index is 10.4. The summed E-state index contributed by atoms with van der Waals surface area (Å²) in [6, 6.07) is 0. The minimum absolute atomic E-state index is 0.300. The third-order valence-electron chi connectivity index (χ3n) is 1.14. The van der Waals surface area contributed by atoms with Gasteiger partial charge in [-0.15, -0.1) is 0 Å². The summed E-state index contributed by atoms with van der Waals surface area (Å²) >= 11 is 0. The molecule has 1 heterocycles. The number of hydrogen-bond donors (Lipinski definition) is 0. The molecular weight excluding hydrogens is 136 g/mol. The van der Waals surface area contributed by atoms with Gasteiger partial charge >= 0.3 is 11.9 Å². The van der Waals surface area contributed by atoms with Crippen LogP contribution in [0.4, 0.5) is 0 Å². The molecule has 0 aliphatic carbocycles. The lowest BCUT2D eigenvalue weighted by atomic mass is 10.3. The quantitative estimate of drug-likeness (QED) is 0.494. The second-order valence-electron chi connectivity index (χ2n) is 2.07. The molecule has 0 unspecified atom stereocenters. The highest BCUT2D eigenvalue weighted by atomic mass is 16.7. The number of carbonyl (C=O) groups is 2. The van der Waals surface area contributed by atoms with Crippen LogP contribution in [0.5, 0.6) is 0 Å². The van der Waals surface area contributed by atoms with Gasteiger partial charge in [0.15, 0.2) is 0 Å². The van der Waals surface area contributed by atoms with Gasteiger partial charge in [-0.05, 0) is 0 Å². The monoisotopic (exact) mass is 144 g/mol. The van der Waals surface area contributed by atoms with Gasteiger partial charge < -0.3 is 9.47 Å². The Balaban J connectivity index is 2.31. The number of hydrogen-bond acceptors (Lipinski definition) is 4. The molecule has 0 aromatic heterocycles. The first-order valence-corrected chi connectivity index (χ1v) is 3.05. The third-order valence-corrected chi connectivity index (χ3v) is 1.14. The highest BCUT2D eigenvalue weighted by Crippen LogP contribution is 2.14. The van der Waals surface area contributed by atoms with Crippen LogP contribution in [-0.2, 0) is 19.1 Å². The summed E-state index contributed by atoms with van der Waals surface area (Å²) < 4.78 is 9.19. The minimum Gasteiger partial charge on any atom is -0.425 e. The molecule has 1 saturated heterocycles. The van der Waals surface area contributed by atoms with Crippen molar-refractivity contribution in [3.05, 3.63) is 0 Å². The Hall–Kier alpha value is -1.06. The maximum absolute atomic E-state index is 10.4. The molecule has 1 fully saturated rings. The van der Waals surface area contributed by atoms with Crippen LogP contribution in [0, 0.1) is 0 Å². The van der Waals surface area contributed by atoms with Crippen molar-refractivity contribution in [3.63, 3.8) is 0 Å². The van der Waals surface area contributed by atoms with Crippen molar-refractivity contribution < 1.29 is 19.1 Å². The van der Waals surface area contributed by atoms with Crippen LogP contribution in [0.3, 0.4) is 0 Å². The van der Waals surface area contributed by atoms with Crippen LogP contribution >= 0.6 is 0 Å². The van der Waals surface area contributed by atoms with Gasteiger partial charge in [-0.3, -0.25) is 9.59 Å². The Kier molecular flexibility index (Phi) is 1.89. The molecule has 0 N–H and O–H groups in total. The predicted octanol–water partition coefficient (Wildman–Crippen LogP) is 0.213. The number of cyclic esters (lactones) is 1. The summed E-state index contributed by atoms with van der Waals surface area (Å²) in [5.74, 6) is -0.717. The molecule has 0 amide bonds. The zero-order chi connectivity index (χ0) is 7.56. The second kappa shape index (κ2) is 2.68. The Labute approximate surface area is 58.1 Å². The Bertz CT molecular complexity index is 163. The zero-order valence-electron chi connectivity index (χ0n) is 5.62. The first-order chi connectivity index (χ1) is 4.68. The number of esters is 2. The van der Waals surface area contributed by atoms with Crippen molar-refractivity contribution >= 4 is 11.9 Å². The van der Waals surface area contributed by atoms with Gasteiger partial charge in [-0.1, -0.05) is 0 Å². The lowest BCUT2D eigenvalue weighted by molar-refractivity contribution is -0.174. The van der Waals surface area contributed by atoms with E-state index in [-0.39, 0.29) is 5.97 Å². The van der Waals surface area contributed by atoms with Crippen LogP contribution in [0.15, 0.2) is 0 Å². The summed E-state index contributed by atoms with van der Waals surface area (Å²) in [6.07, 6.45) is 0.195. The molecule has 0 aromatic carbocycles. The largest absolute Gasteiger partial charge is 0.425 e. The van der Waals surface area contributed by atoms with E-state index in [0.717, 1.165) is 0 Å². The van der Waals surface area contributed by atoms with E-state index >= 15 is 0 Å². The molecule has 10 heavy (non-hydrogen) atoms. The van der Waals surface area contributed by atoms with Crippen molar-refractivity contribution in [1.82, 2.24) is 0 Å². The zero-order valence-corrected chi connectivity index (χ0v) is 5.62. The highest BCUT2D eigenvalue weighted by molar-refractivity contribution is 5.72. The van der Waals surface area contributed by atoms with Crippen LogP contribution in [0.25, 0.3) is 0 Å². The van der Waals surface area contributed by atoms with Crippen molar-refractivity contribution in [3.8, 4) is 0 Å². The van der Waals surface area contributed by atoms with E-state index in [4.69, 9.17) is 0 Å². The van der Waals surface area contributed by atoms with Gasteiger partial charge in [-0.2, -0.15) is 0 Å². The van der Waals surface area contributed by atoms with Gasteiger partial charge in [0.25, 0.3) is 0 Å². The molecule has 0 spiro atoms. The summed E-state index contributed by atoms with van der Waals surface area (Å²) in [6.45, 7) is 1.28. The molecule has 4 nitrogen and oxygen atoms in total. The fourth-order valence-electron chi connectivity index (χ4n) is 0.768. The molecule has 4 heteroatoms. The van der Waals surface area contributed by atoms with Crippen LogP contribution in [0.1, 0.15) is 19.8 Å². The van der Waals surface area contributed by atoms with E-state index in [1.165, 1.54) is 6.92 Å². The molecule has 1 aliphatic rings. The van der Waals surface area contributed by atoms with E-state index in [1.807, 2.05) is 0 Å².